The van der Waals surface area contributed by atoms with Crippen LogP contribution in [0.4, 0.5) is 0 Å². The molecule has 1 heterocycles. The first-order chi connectivity index (χ1) is 13.2. The number of nitrogens with one attached hydrogen (secondary N) is 2. The van der Waals surface area contributed by atoms with E-state index < -0.39 is 0 Å². The molecular formula is C22H22N2O3. The summed E-state index contributed by atoms with van der Waals surface area (Å²) in [6, 6.07) is 17.9. The summed E-state index contributed by atoms with van der Waals surface area (Å²) in [5, 5.41) is 4.04. The predicted molar refractivity (Wildman–Crippen MR) is 105 cm³/mol. The lowest BCUT2D eigenvalue weighted by Gasteiger charge is -2.26. The van der Waals surface area contributed by atoms with Gasteiger partial charge in [-0.2, -0.15) is 0 Å². The molecule has 0 saturated heterocycles. The van der Waals surface area contributed by atoms with Crippen molar-refractivity contribution in [2.75, 3.05) is 6.61 Å². The lowest BCUT2D eigenvalue weighted by atomic mass is 9.88. The van der Waals surface area contributed by atoms with E-state index in [-0.39, 0.29) is 18.6 Å². The molecule has 2 N–H and O–H groups in total. The Morgan fingerprint density at radius 3 is 2.89 bits per heavy atom. The maximum absolute atomic E-state index is 12.3. The third-order valence-electron chi connectivity index (χ3n) is 4.83. The molecular weight excluding hydrogens is 340 g/mol. The highest BCUT2D eigenvalue weighted by Gasteiger charge is 2.21. The summed E-state index contributed by atoms with van der Waals surface area (Å²) in [5.41, 5.74) is 6.47. The van der Waals surface area contributed by atoms with Crippen molar-refractivity contribution in [2.24, 2.45) is 0 Å². The van der Waals surface area contributed by atoms with Crippen LogP contribution in [0.2, 0.25) is 0 Å². The maximum atomic E-state index is 12.3. The van der Waals surface area contributed by atoms with Gasteiger partial charge in [0, 0.05) is 5.39 Å². The zero-order valence-electron chi connectivity index (χ0n) is 15.0. The number of carbonyl (C=O) groups excluding carboxylic acids is 1. The molecule has 0 saturated carbocycles. The molecule has 2 aromatic carbocycles. The zero-order chi connectivity index (χ0) is 18.6. The molecule has 1 aromatic heterocycles. The van der Waals surface area contributed by atoms with E-state index in [1.54, 1.807) is 0 Å². The molecule has 0 spiro atoms. The van der Waals surface area contributed by atoms with E-state index in [0.717, 1.165) is 30.2 Å². The van der Waals surface area contributed by atoms with Gasteiger partial charge in [-0.05, 0) is 42.5 Å². The Hall–Kier alpha value is -3.05. The first-order valence-electron chi connectivity index (χ1n) is 9.13. The molecule has 27 heavy (non-hydrogen) atoms. The van der Waals surface area contributed by atoms with E-state index in [2.05, 4.69) is 29.5 Å². The summed E-state index contributed by atoms with van der Waals surface area (Å²) in [7, 11) is 0. The Labute approximate surface area is 158 Å². The van der Waals surface area contributed by atoms with Crippen molar-refractivity contribution in [1.82, 2.24) is 10.8 Å². The standard InChI is InChI=1S/C22H22N2O3/c1-15(21-13-17-8-3-5-12-20(17)27-21)24-26-14-22(25)23-19-11-6-9-16-7-2-4-10-18(16)19/h2-5,7-8,10,12-13,19,24H,1,6,9,11,14H2,(H,23,25)/t19-/m0/s1. The lowest BCUT2D eigenvalue weighted by molar-refractivity contribution is -0.128. The van der Waals surface area contributed by atoms with Crippen molar-refractivity contribution in [3.05, 3.63) is 78.1 Å². The number of fused-ring (bicyclic) bond motifs is 2. The van der Waals surface area contributed by atoms with Crippen LogP contribution in [0.5, 0.6) is 0 Å². The summed E-state index contributed by atoms with van der Waals surface area (Å²) < 4.78 is 5.71. The van der Waals surface area contributed by atoms with E-state index in [0.29, 0.717) is 11.5 Å². The first kappa shape index (κ1) is 17.4. The number of carbonyl (C=O) groups is 1. The molecule has 0 radical (unpaired) electrons. The molecule has 0 unspecified atom stereocenters. The molecule has 1 amide bonds. The molecule has 3 aromatic rings. The highest BCUT2D eigenvalue weighted by molar-refractivity contribution is 5.81. The van der Waals surface area contributed by atoms with E-state index in [1.165, 1.54) is 11.1 Å². The van der Waals surface area contributed by atoms with Crippen molar-refractivity contribution >= 4 is 22.6 Å². The number of amides is 1. The molecule has 1 aliphatic rings. The van der Waals surface area contributed by atoms with E-state index in [4.69, 9.17) is 9.25 Å². The molecule has 5 heteroatoms. The topological polar surface area (TPSA) is 63.5 Å². The Bertz CT molecular complexity index is 943. The highest BCUT2D eigenvalue weighted by atomic mass is 16.6. The first-order valence-corrected chi connectivity index (χ1v) is 9.13. The minimum atomic E-state index is -0.165. The van der Waals surface area contributed by atoms with Crippen LogP contribution in [0.25, 0.3) is 16.7 Å². The Morgan fingerprint density at radius 2 is 2.00 bits per heavy atom. The quantitative estimate of drug-likeness (QED) is 0.648. The predicted octanol–water partition coefficient (Wildman–Crippen LogP) is 4.12. The van der Waals surface area contributed by atoms with Gasteiger partial charge in [-0.15, -0.1) is 0 Å². The Morgan fingerprint density at radius 1 is 1.19 bits per heavy atom. The van der Waals surface area contributed by atoms with Crippen molar-refractivity contribution in [1.29, 1.82) is 0 Å². The SMILES string of the molecule is C=C(NOCC(=O)N[C@H]1CCCc2ccccc21)c1cc2ccccc2o1. The molecule has 0 bridgehead atoms. The fourth-order valence-corrected chi connectivity index (χ4v) is 3.51. The number of aryl methyl sites for hydroxylation is 1. The Kier molecular flexibility index (Phi) is 4.94. The van der Waals surface area contributed by atoms with E-state index in [9.17, 15) is 4.79 Å². The second-order valence-electron chi connectivity index (χ2n) is 6.73. The van der Waals surface area contributed by atoms with Crippen LogP contribution >= 0.6 is 0 Å². The summed E-state index contributed by atoms with van der Waals surface area (Å²) in [5.74, 6) is 0.416. The van der Waals surface area contributed by atoms with Crippen LogP contribution in [-0.2, 0) is 16.1 Å². The monoisotopic (exact) mass is 362 g/mol. The van der Waals surface area contributed by atoms with Crippen molar-refractivity contribution in [3.8, 4) is 0 Å². The van der Waals surface area contributed by atoms with Gasteiger partial charge in [-0.3, -0.25) is 15.1 Å². The normalized spacial score (nSPS) is 15.9. The van der Waals surface area contributed by atoms with Crippen LogP contribution in [0.1, 0.15) is 35.8 Å². The largest absolute Gasteiger partial charge is 0.454 e. The van der Waals surface area contributed by atoms with Gasteiger partial charge in [-0.1, -0.05) is 49.0 Å². The van der Waals surface area contributed by atoms with E-state index in [1.807, 2.05) is 42.5 Å². The second kappa shape index (κ2) is 7.68. The van der Waals surface area contributed by atoms with Crippen LogP contribution in [-0.4, -0.2) is 12.5 Å². The number of para-hydroxylation sites is 1. The van der Waals surface area contributed by atoms with Crippen LogP contribution < -0.4 is 10.8 Å². The molecule has 5 nitrogen and oxygen atoms in total. The smallest absolute Gasteiger partial charge is 0.249 e. The van der Waals surface area contributed by atoms with Gasteiger partial charge >= 0.3 is 0 Å². The van der Waals surface area contributed by atoms with Crippen LogP contribution in [0.15, 0.2) is 65.6 Å². The lowest BCUT2D eigenvalue weighted by Crippen LogP contribution is -2.34. The molecule has 1 aliphatic carbocycles. The van der Waals surface area contributed by atoms with Gasteiger partial charge in [0.25, 0.3) is 0 Å². The van der Waals surface area contributed by atoms with Gasteiger partial charge in [0.1, 0.15) is 5.58 Å². The summed E-state index contributed by atoms with van der Waals surface area (Å²) in [4.78, 5) is 17.6. The minimum Gasteiger partial charge on any atom is -0.454 e. The fourth-order valence-electron chi connectivity index (χ4n) is 3.51. The van der Waals surface area contributed by atoms with Gasteiger partial charge in [-0.25, -0.2) is 0 Å². The van der Waals surface area contributed by atoms with Gasteiger partial charge in [0.05, 0.1) is 11.7 Å². The number of rotatable bonds is 6. The third kappa shape index (κ3) is 3.88. The summed E-state index contributed by atoms with van der Waals surface area (Å²) in [6.07, 6.45) is 3.09. The Balaban J connectivity index is 1.29. The minimum absolute atomic E-state index is 0.0459. The maximum Gasteiger partial charge on any atom is 0.249 e. The molecule has 0 fully saturated rings. The number of furan rings is 1. The van der Waals surface area contributed by atoms with Crippen LogP contribution in [0.3, 0.4) is 0 Å². The fraction of sp³-hybridized carbons (Fsp3) is 0.227. The average Bonchev–Trinajstić information content (AvgIpc) is 3.13. The van der Waals surface area contributed by atoms with Crippen molar-refractivity contribution < 1.29 is 14.0 Å². The highest BCUT2D eigenvalue weighted by Crippen LogP contribution is 2.29. The molecule has 4 rings (SSSR count). The molecule has 138 valence electrons. The number of hydrogen-bond donors (Lipinski definition) is 2. The number of hydroxylamine groups is 1. The van der Waals surface area contributed by atoms with Crippen molar-refractivity contribution in [2.45, 2.75) is 25.3 Å². The van der Waals surface area contributed by atoms with Crippen molar-refractivity contribution in [3.63, 3.8) is 0 Å². The van der Waals surface area contributed by atoms with Gasteiger partial charge in [0.15, 0.2) is 12.4 Å². The van der Waals surface area contributed by atoms with Gasteiger partial charge < -0.3 is 9.73 Å². The second-order valence-corrected chi connectivity index (χ2v) is 6.73. The summed E-state index contributed by atoms with van der Waals surface area (Å²) in [6.45, 7) is 3.80. The number of benzene rings is 2. The summed E-state index contributed by atoms with van der Waals surface area (Å²) >= 11 is 0. The molecule has 1 atom stereocenters. The number of hydrogen-bond acceptors (Lipinski definition) is 4. The molecule has 0 aliphatic heterocycles. The zero-order valence-corrected chi connectivity index (χ0v) is 15.0. The van der Waals surface area contributed by atoms with Crippen LogP contribution in [0, 0.1) is 0 Å². The third-order valence-corrected chi connectivity index (χ3v) is 4.83. The van der Waals surface area contributed by atoms with E-state index >= 15 is 0 Å². The average molecular weight is 362 g/mol. The van der Waals surface area contributed by atoms with Gasteiger partial charge in [0.2, 0.25) is 5.91 Å².